The summed E-state index contributed by atoms with van der Waals surface area (Å²) >= 11 is 5.97. The Balaban J connectivity index is 2.25. The molecule has 1 amide bonds. The SMILES string of the molecule is Cn1cc(C(=O)N[C@@H](C(=O)O)c2ccccc2Cl)cn1. The molecule has 7 heteroatoms. The van der Waals surface area contributed by atoms with Crippen molar-refractivity contribution in [3.63, 3.8) is 0 Å². The maximum absolute atomic E-state index is 12.0. The van der Waals surface area contributed by atoms with E-state index in [1.807, 2.05) is 0 Å². The molecule has 1 aromatic carbocycles. The number of amides is 1. The van der Waals surface area contributed by atoms with Crippen LogP contribution in [0.4, 0.5) is 0 Å². The van der Waals surface area contributed by atoms with Gasteiger partial charge in [-0.25, -0.2) is 4.79 Å². The van der Waals surface area contributed by atoms with Crippen molar-refractivity contribution in [1.29, 1.82) is 0 Å². The van der Waals surface area contributed by atoms with E-state index in [2.05, 4.69) is 10.4 Å². The van der Waals surface area contributed by atoms with Gasteiger partial charge in [0, 0.05) is 23.8 Å². The zero-order valence-electron chi connectivity index (χ0n) is 10.6. The molecule has 0 aliphatic carbocycles. The number of rotatable bonds is 4. The van der Waals surface area contributed by atoms with Crippen LogP contribution in [0.2, 0.25) is 5.02 Å². The zero-order chi connectivity index (χ0) is 14.7. The highest BCUT2D eigenvalue weighted by Crippen LogP contribution is 2.23. The lowest BCUT2D eigenvalue weighted by atomic mass is 10.1. The van der Waals surface area contributed by atoms with Gasteiger partial charge in [0.2, 0.25) is 0 Å². The van der Waals surface area contributed by atoms with Crippen LogP contribution in [0.5, 0.6) is 0 Å². The van der Waals surface area contributed by atoms with Gasteiger partial charge in [-0.15, -0.1) is 0 Å². The van der Waals surface area contributed by atoms with Crippen LogP contribution < -0.4 is 5.32 Å². The molecule has 1 aromatic heterocycles. The van der Waals surface area contributed by atoms with Crippen molar-refractivity contribution in [1.82, 2.24) is 15.1 Å². The van der Waals surface area contributed by atoms with Gasteiger partial charge in [0.1, 0.15) is 0 Å². The summed E-state index contributed by atoms with van der Waals surface area (Å²) < 4.78 is 1.46. The highest BCUT2D eigenvalue weighted by atomic mass is 35.5. The molecule has 0 fully saturated rings. The Labute approximate surface area is 120 Å². The predicted octanol–water partition coefficient (Wildman–Crippen LogP) is 1.63. The average Bonchev–Trinajstić information content (AvgIpc) is 2.83. The first-order chi connectivity index (χ1) is 9.49. The number of nitrogens with one attached hydrogen (secondary N) is 1. The number of carbonyl (C=O) groups excluding carboxylic acids is 1. The number of aryl methyl sites for hydroxylation is 1. The van der Waals surface area contributed by atoms with E-state index in [9.17, 15) is 14.7 Å². The van der Waals surface area contributed by atoms with Crippen molar-refractivity contribution in [2.75, 3.05) is 0 Å². The van der Waals surface area contributed by atoms with E-state index >= 15 is 0 Å². The summed E-state index contributed by atoms with van der Waals surface area (Å²) in [6.45, 7) is 0. The molecule has 0 unspecified atom stereocenters. The summed E-state index contributed by atoms with van der Waals surface area (Å²) in [7, 11) is 1.67. The number of nitrogens with zero attached hydrogens (tertiary/aromatic N) is 2. The van der Waals surface area contributed by atoms with Crippen LogP contribution in [0.1, 0.15) is 22.0 Å². The molecule has 0 bridgehead atoms. The van der Waals surface area contributed by atoms with E-state index in [-0.39, 0.29) is 10.6 Å². The van der Waals surface area contributed by atoms with E-state index in [0.717, 1.165) is 0 Å². The van der Waals surface area contributed by atoms with Crippen LogP contribution in [0.25, 0.3) is 0 Å². The summed E-state index contributed by atoms with van der Waals surface area (Å²) in [5.74, 6) is -1.71. The fourth-order valence-electron chi connectivity index (χ4n) is 1.73. The van der Waals surface area contributed by atoms with Gasteiger partial charge in [0.15, 0.2) is 6.04 Å². The first-order valence-electron chi connectivity index (χ1n) is 5.76. The van der Waals surface area contributed by atoms with Crippen LogP contribution in [0.15, 0.2) is 36.7 Å². The number of aromatic nitrogens is 2. The van der Waals surface area contributed by atoms with Crippen LogP contribution in [0, 0.1) is 0 Å². The highest BCUT2D eigenvalue weighted by Gasteiger charge is 2.25. The molecule has 104 valence electrons. The van der Waals surface area contributed by atoms with Crippen molar-refractivity contribution >= 4 is 23.5 Å². The lowest BCUT2D eigenvalue weighted by Crippen LogP contribution is -2.33. The summed E-state index contributed by atoms with van der Waals surface area (Å²) in [5, 5.41) is 15.8. The molecular weight excluding hydrogens is 282 g/mol. The molecule has 0 aliphatic rings. The molecule has 0 radical (unpaired) electrons. The predicted molar refractivity (Wildman–Crippen MR) is 72.5 cm³/mol. The monoisotopic (exact) mass is 293 g/mol. The van der Waals surface area contributed by atoms with Crippen molar-refractivity contribution < 1.29 is 14.7 Å². The van der Waals surface area contributed by atoms with Gasteiger partial charge in [0.25, 0.3) is 5.91 Å². The van der Waals surface area contributed by atoms with E-state index in [4.69, 9.17) is 11.6 Å². The molecule has 2 rings (SSSR count). The first kappa shape index (κ1) is 14.1. The maximum Gasteiger partial charge on any atom is 0.330 e. The van der Waals surface area contributed by atoms with E-state index in [0.29, 0.717) is 5.56 Å². The second-order valence-corrected chi connectivity index (χ2v) is 4.58. The third kappa shape index (κ3) is 2.97. The number of hydrogen-bond donors (Lipinski definition) is 2. The molecule has 6 nitrogen and oxygen atoms in total. The van der Waals surface area contributed by atoms with Crippen LogP contribution in [-0.4, -0.2) is 26.8 Å². The van der Waals surface area contributed by atoms with Gasteiger partial charge in [-0.3, -0.25) is 9.48 Å². The molecule has 0 spiro atoms. The Kier molecular flexibility index (Phi) is 4.05. The number of halogens is 1. The molecule has 20 heavy (non-hydrogen) atoms. The normalized spacial score (nSPS) is 11.9. The Morgan fingerprint density at radius 3 is 2.65 bits per heavy atom. The number of carbonyl (C=O) groups is 2. The third-order valence-corrected chi connectivity index (χ3v) is 3.05. The maximum atomic E-state index is 12.0. The molecule has 2 N–H and O–H groups in total. The van der Waals surface area contributed by atoms with E-state index in [1.165, 1.54) is 17.1 Å². The summed E-state index contributed by atoms with van der Waals surface area (Å²) in [4.78, 5) is 23.3. The molecule has 0 aliphatic heterocycles. The summed E-state index contributed by atoms with van der Waals surface area (Å²) in [6, 6.07) is 5.27. The minimum absolute atomic E-state index is 0.283. The fourth-order valence-corrected chi connectivity index (χ4v) is 1.98. The Morgan fingerprint density at radius 2 is 2.10 bits per heavy atom. The largest absolute Gasteiger partial charge is 0.479 e. The average molecular weight is 294 g/mol. The molecule has 0 saturated heterocycles. The number of carboxylic acids is 1. The number of hydrogen-bond acceptors (Lipinski definition) is 3. The number of benzene rings is 1. The third-order valence-electron chi connectivity index (χ3n) is 2.71. The standard InChI is InChI=1S/C13H12ClN3O3/c1-17-7-8(6-15-17)12(18)16-11(13(19)20)9-4-2-3-5-10(9)14/h2-7,11H,1H3,(H,16,18)(H,19,20)/t11-/m1/s1. The second-order valence-electron chi connectivity index (χ2n) is 4.17. The smallest absolute Gasteiger partial charge is 0.330 e. The Bertz CT molecular complexity index is 654. The quantitative estimate of drug-likeness (QED) is 0.897. The highest BCUT2D eigenvalue weighted by molar-refractivity contribution is 6.31. The molecule has 1 heterocycles. The van der Waals surface area contributed by atoms with Crippen LogP contribution in [-0.2, 0) is 11.8 Å². The second kappa shape index (κ2) is 5.75. The van der Waals surface area contributed by atoms with Crippen molar-refractivity contribution in [2.45, 2.75) is 6.04 Å². The van der Waals surface area contributed by atoms with Gasteiger partial charge < -0.3 is 10.4 Å². The van der Waals surface area contributed by atoms with Crippen molar-refractivity contribution in [3.05, 3.63) is 52.8 Å². The van der Waals surface area contributed by atoms with Gasteiger partial charge in [0.05, 0.1) is 11.8 Å². The van der Waals surface area contributed by atoms with E-state index in [1.54, 1.807) is 31.3 Å². The van der Waals surface area contributed by atoms with Gasteiger partial charge in [-0.1, -0.05) is 29.8 Å². The molecule has 0 saturated carbocycles. The minimum atomic E-state index is -1.21. The van der Waals surface area contributed by atoms with Crippen LogP contribution >= 0.6 is 11.6 Å². The topological polar surface area (TPSA) is 84.2 Å². The Morgan fingerprint density at radius 1 is 1.40 bits per heavy atom. The zero-order valence-corrected chi connectivity index (χ0v) is 11.3. The van der Waals surface area contributed by atoms with Crippen LogP contribution in [0.3, 0.4) is 0 Å². The fraction of sp³-hybridized carbons (Fsp3) is 0.154. The van der Waals surface area contributed by atoms with E-state index < -0.39 is 17.9 Å². The molecule has 2 aromatic rings. The summed E-state index contributed by atoms with van der Waals surface area (Å²) in [5.41, 5.74) is 0.615. The summed E-state index contributed by atoms with van der Waals surface area (Å²) in [6.07, 6.45) is 2.86. The van der Waals surface area contributed by atoms with Crippen molar-refractivity contribution in [3.8, 4) is 0 Å². The van der Waals surface area contributed by atoms with Gasteiger partial charge in [-0.2, -0.15) is 5.10 Å². The van der Waals surface area contributed by atoms with Crippen molar-refractivity contribution in [2.24, 2.45) is 7.05 Å². The number of aliphatic carboxylic acids is 1. The molecule has 1 atom stereocenters. The minimum Gasteiger partial charge on any atom is -0.479 e. The first-order valence-corrected chi connectivity index (χ1v) is 6.13. The lowest BCUT2D eigenvalue weighted by Gasteiger charge is -2.15. The lowest BCUT2D eigenvalue weighted by molar-refractivity contribution is -0.139. The Hall–Kier alpha value is -2.34. The number of carboxylic acid groups (broad SMARTS) is 1. The molecular formula is C13H12ClN3O3. The van der Waals surface area contributed by atoms with Gasteiger partial charge in [-0.05, 0) is 6.07 Å². The van der Waals surface area contributed by atoms with Gasteiger partial charge >= 0.3 is 5.97 Å².